The topological polar surface area (TPSA) is 53.2 Å². The first-order valence-electron chi connectivity index (χ1n) is 3.92. The van der Waals surface area contributed by atoms with Crippen molar-refractivity contribution in [3.8, 4) is 0 Å². The first-order valence-corrected chi connectivity index (χ1v) is 4.33. The highest BCUT2D eigenvalue weighted by atomic mass is 32.1. The molecule has 0 aliphatic heterocycles. The molecule has 0 aliphatic carbocycles. The Hall–Kier alpha value is -1.62. The quantitative estimate of drug-likeness (QED) is 0.473. The minimum atomic E-state index is -0.442. The maximum atomic E-state index is 10.4. The molecule has 1 aromatic carbocycles. The molecule has 1 aromatic rings. The maximum absolute atomic E-state index is 10.4. The zero-order valence-corrected chi connectivity index (χ0v) is 8.23. The lowest BCUT2D eigenvalue weighted by Gasteiger charge is -2.09. The molecule has 0 fully saturated rings. The van der Waals surface area contributed by atoms with Crippen molar-refractivity contribution in [1.82, 2.24) is 10.9 Å². The van der Waals surface area contributed by atoms with E-state index in [0.717, 1.165) is 5.69 Å². The van der Waals surface area contributed by atoms with E-state index in [9.17, 15) is 4.79 Å². The average Bonchev–Trinajstić information content (AvgIpc) is 2.16. The SMILES string of the molecule is [CH2]C(=O)NNC(=S)Nc1ccccc1. The molecule has 1 radical (unpaired) electrons. The summed E-state index contributed by atoms with van der Waals surface area (Å²) in [5.41, 5.74) is 5.60. The zero-order chi connectivity index (χ0) is 10.4. The first kappa shape index (κ1) is 10.5. The number of nitrogens with one attached hydrogen (secondary N) is 3. The minimum Gasteiger partial charge on any atom is -0.331 e. The van der Waals surface area contributed by atoms with E-state index in [4.69, 9.17) is 12.2 Å². The van der Waals surface area contributed by atoms with E-state index in [2.05, 4.69) is 23.1 Å². The molecule has 0 aliphatic rings. The Balaban J connectivity index is 2.38. The molecule has 4 nitrogen and oxygen atoms in total. The van der Waals surface area contributed by atoms with Crippen LogP contribution in [0, 0.1) is 6.92 Å². The van der Waals surface area contributed by atoms with Crippen molar-refractivity contribution in [2.45, 2.75) is 0 Å². The highest BCUT2D eigenvalue weighted by molar-refractivity contribution is 7.80. The molecule has 0 spiro atoms. The molecule has 1 rings (SSSR count). The van der Waals surface area contributed by atoms with E-state index in [1.54, 1.807) is 0 Å². The third-order valence-corrected chi connectivity index (χ3v) is 1.55. The van der Waals surface area contributed by atoms with E-state index >= 15 is 0 Å². The largest absolute Gasteiger partial charge is 0.331 e. The average molecular weight is 208 g/mol. The number of rotatable bonds is 1. The molecule has 0 unspecified atom stereocenters. The van der Waals surface area contributed by atoms with E-state index in [0.29, 0.717) is 5.11 Å². The fourth-order valence-electron chi connectivity index (χ4n) is 0.810. The maximum Gasteiger partial charge on any atom is 0.238 e. The Labute approximate surface area is 87.7 Å². The predicted molar refractivity (Wildman–Crippen MR) is 59.3 cm³/mol. The molecule has 0 aromatic heterocycles. The number of carbonyl (C=O) groups is 1. The first-order chi connectivity index (χ1) is 6.68. The summed E-state index contributed by atoms with van der Waals surface area (Å²) in [6.07, 6.45) is 0. The van der Waals surface area contributed by atoms with Crippen LogP contribution in [0.5, 0.6) is 0 Å². The van der Waals surface area contributed by atoms with Crippen LogP contribution in [-0.4, -0.2) is 11.0 Å². The number of benzene rings is 1. The molecule has 1 amide bonds. The van der Waals surface area contributed by atoms with E-state index in [-0.39, 0.29) is 0 Å². The Morgan fingerprint density at radius 2 is 1.86 bits per heavy atom. The summed E-state index contributed by atoms with van der Waals surface area (Å²) in [5, 5.41) is 3.19. The van der Waals surface area contributed by atoms with Gasteiger partial charge >= 0.3 is 0 Å². The van der Waals surface area contributed by atoms with Crippen LogP contribution in [0.1, 0.15) is 0 Å². The van der Waals surface area contributed by atoms with Crippen LogP contribution in [0.3, 0.4) is 0 Å². The standard InChI is InChI=1S/C9H10N3OS/c1-7(13)11-12-9(14)10-8-5-3-2-4-6-8/h2-6H,1H2,(H,11,13)(H2,10,12,14). The highest BCUT2D eigenvalue weighted by Crippen LogP contribution is 2.03. The van der Waals surface area contributed by atoms with E-state index < -0.39 is 5.91 Å². The number of para-hydroxylation sites is 1. The second-order valence-corrected chi connectivity index (χ2v) is 2.90. The van der Waals surface area contributed by atoms with Crippen molar-refractivity contribution in [2.75, 3.05) is 5.32 Å². The molecule has 0 saturated heterocycles. The Morgan fingerprint density at radius 3 is 2.43 bits per heavy atom. The summed E-state index contributed by atoms with van der Waals surface area (Å²) in [5.74, 6) is -0.442. The summed E-state index contributed by atoms with van der Waals surface area (Å²) in [6, 6.07) is 9.38. The van der Waals surface area contributed by atoms with Gasteiger partial charge in [-0.15, -0.1) is 0 Å². The molecular formula is C9H10N3OS. The van der Waals surface area contributed by atoms with E-state index in [1.165, 1.54) is 0 Å². The molecule has 0 saturated carbocycles. The third kappa shape index (κ3) is 3.86. The molecule has 0 heterocycles. The lowest BCUT2D eigenvalue weighted by atomic mass is 10.3. The van der Waals surface area contributed by atoms with Crippen molar-refractivity contribution in [2.24, 2.45) is 0 Å². The second-order valence-electron chi connectivity index (χ2n) is 2.49. The molecule has 0 bridgehead atoms. The minimum absolute atomic E-state index is 0.313. The Morgan fingerprint density at radius 1 is 1.21 bits per heavy atom. The summed E-state index contributed by atoms with van der Waals surface area (Å²) in [6.45, 7) is 3.12. The van der Waals surface area contributed by atoms with Crippen molar-refractivity contribution in [1.29, 1.82) is 0 Å². The van der Waals surface area contributed by atoms with Gasteiger partial charge in [0.2, 0.25) is 5.91 Å². The van der Waals surface area contributed by atoms with Crippen LogP contribution in [0.2, 0.25) is 0 Å². The van der Waals surface area contributed by atoms with Gasteiger partial charge in [0.25, 0.3) is 0 Å². The van der Waals surface area contributed by atoms with Crippen LogP contribution in [-0.2, 0) is 4.79 Å². The van der Waals surface area contributed by atoms with Gasteiger partial charge in [0.1, 0.15) is 0 Å². The van der Waals surface area contributed by atoms with Gasteiger partial charge in [-0.05, 0) is 24.4 Å². The van der Waals surface area contributed by atoms with Crippen molar-refractivity contribution < 1.29 is 4.79 Å². The number of hydrogen-bond acceptors (Lipinski definition) is 2. The van der Waals surface area contributed by atoms with Gasteiger partial charge in [-0.3, -0.25) is 15.6 Å². The van der Waals surface area contributed by atoms with Gasteiger partial charge in [-0.1, -0.05) is 18.2 Å². The molecule has 73 valence electrons. The number of thiocarbonyl (C=S) groups is 1. The molecule has 14 heavy (non-hydrogen) atoms. The van der Waals surface area contributed by atoms with Gasteiger partial charge in [-0.2, -0.15) is 0 Å². The molecule has 3 N–H and O–H groups in total. The number of anilines is 1. The van der Waals surface area contributed by atoms with Crippen LogP contribution in [0.15, 0.2) is 30.3 Å². The highest BCUT2D eigenvalue weighted by Gasteiger charge is 1.96. The fraction of sp³-hybridized carbons (Fsp3) is 0. The predicted octanol–water partition coefficient (Wildman–Crippen LogP) is 0.838. The Kier molecular flexibility index (Phi) is 3.87. The van der Waals surface area contributed by atoms with Crippen LogP contribution < -0.4 is 16.2 Å². The monoisotopic (exact) mass is 208 g/mol. The molecule has 5 heteroatoms. The number of carbonyl (C=O) groups excluding carboxylic acids is 1. The van der Waals surface area contributed by atoms with Crippen LogP contribution in [0.4, 0.5) is 5.69 Å². The van der Waals surface area contributed by atoms with Crippen LogP contribution >= 0.6 is 12.2 Å². The Bertz CT molecular complexity index is 326. The van der Waals surface area contributed by atoms with Gasteiger partial charge in [-0.25, -0.2) is 0 Å². The lowest BCUT2D eigenvalue weighted by Crippen LogP contribution is -2.42. The lowest BCUT2D eigenvalue weighted by molar-refractivity contribution is -0.117. The fourth-order valence-corrected chi connectivity index (χ4v) is 0.979. The number of amides is 1. The van der Waals surface area contributed by atoms with Crippen molar-refractivity contribution in [3.63, 3.8) is 0 Å². The molecular weight excluding hydrogens is 198 g/mol. The zero-order valence-electron chi connectivity index (χ0n) is 7.41. The van der Waals surface area contributed by atoms with E-state index in [1.807, 2.05) is 30.3 Å². The number of hydrazine groups is 1. The van der Waals surface area contributed by atoms with Crippen molar-refractivity contribution in [3.05, 3.63) is 37.3 Å². The summed E-state index contributed by atoms with van der Waals surface area (Å²) < 4.78 is 0. The van der Waals surface area contributed by atoms with Gasteiger partial charge < -0.3 is 5.32 Å². The normalized spacial score (nSPS) is 8.93. The second kappa shape index (κ2) is 5.18. The summed E-state index contributed by atoms with van der Waals surface area (Å²) >= 11 is 4.89. The van der Waals surface area contributed by atoms with Gasteiger partial charge in [0, 0.05) is 12.6 Å². The summed E-state index contributed by atoms with van der Waals surface area (Å²) in [7, 11) is 0. The third-order valence-electron chi connectivity index (χ3n) is 1.35. The molecule has 0 atom stereocenters. The van der Waals surface area contributed by atoms with Gasteiger partial charge in [0.15, 0.2) is 5.11 Å². The number of hydrogen-bond donors (Lipinski definition) is 3. The summed E-state index contributed by atoms with van der Waals surface area (Å²) in [4.78, 5) is 10.4. The van der Waals surface area contributed by atoms with Gasteiger partial charge in [0.05, 0.1) is 0 Å². The smallest absolute Gasteiger partial charge is 0.238 e. The van der Waals surface area contributed by atoms with Crippen LogP contribution in [0.25, 0.3) is 0 Å². The van der Waals surface area contributed by atoms with Crippen molar-refractivity contribution >= 4 is 28.9 Å².